The van der Waals surface area contributed by atoms with Crippen LogP contribution in [0.5, 0.6) is 17.2 Å². The fourth-order valence-corrected chi connectivity index (χ4v) is 5.28. The number of amides is 2. The van der Waals surface area contributed by atoms with Crippen molar-refractivity contribution in [3.63, 3.8) is 0 Å². The highest BCUT2D eigenvalue weighted by molar-refractivity contribution is 5.98. The van der Waals surface area contributed by atoms with Crippen LogP contribution in [0.4, 0.5) is 4.79 Å². The average molecular weight is 667 g/mol. The average Bonchev–Trinajstić information content (AvgIpc) is 3.12. The zero-order chi connectivity index (χ0) is 34.8. The molecule has 0 N–H and O–H groups in total. The van der Waals surface area contributed by atoms with Crippen molar-refractivity contribution in [2.24, 2.45) is 0 Å². The Kier molecular flexibility index (Phi) is 11.4. The summed E-state index contributed by atoms with van der Waals surface area (Å²) in [6.45, 7) is 6.11. The van der Waals surface area contributed by atoms with Gasteiger partial charge in [0.2, 0.25) is 5.75 Å². The predicted molar refractivity (Wildman–Crippen MR) is 183 cm³/mol. The van der Waals surface area contributed by atoms with E-state index >= 15 is 0 Å². The Morgan fingerprint density at radius 3 is 1.61 bits per heavy atom. The number of nitrogens with zero attached hydrogens (tertiary/aromatic N) is 2. The third-order valence-electron chi connectivity index (χ3n) is 7.73. The van der Waals surface area contributed by atoms with Gasteiger partial charge in [-0.15, -0.1) is 0 Å². The monoisotopic (exact) mass is 666 g/mol. The van der Waals surface area contributed by atoms with Gasteiger partial charge in [-0.25, -0.2) is 9.59 Å². The van der Waals surface area contributed by atoms with E-state index in [-0.39, 0.29) is 45.0 Å². The second kappa shape index (κ2) is 16.1. The first-order valence-corrected chi connectivity index (χ1v) is 16.2. The quantitative estimate of drug-likeness (QED) is 0.164. The van der Waals surface area contributed by atoms with Crippen LogP contribution in [-0.4, -0.2) is 66.2 Å². The zero-order valence-electron chi connectivity index (χ0n) is 28.3. The van der Waals surface area contributed by atoms with Crippen molar-refractivity contribution in [2.45, 2.75) is 52.2 Å². The second-order valence-corrected chi connectivity index (χ2v) is 12.6. The molecule has 1 fully saturated rings. The van der Waals surface area contributed by atoms with E-state index < -0.39 is 29.6 Å². The molecule has 0 aliphatic carbocycles. The van der Waals surface area contributed by atoms with E-state index in [4.69, 9.17) is 23.7 Å². The molecule has 2 amide bonds. The molecular weight excluding hydrogens is 624 g/mol. The molecule has 1 unspecified atom stereocenters. The minimum absolute atomic E-state index is 0.0739. The molecule has 5 rings (SSSR count). The molecule has 10 heteroatoms. The van der Waals surface area contributed by atoms with Gasteiger partial charge >= 0.3 is 12.1 Å². The number of hydrogen-bond acceptors (Lipinski definition) is 8. The van der Waals surface area contributed by atoms with Gasteiger partial charge in [0.15, 0.2) is 11.5 Å². The van der Waals surface area contributed by atoms with Crippen molar-refractivity contribution in [1.82, 2.24) is 9.80 Å². The van der Waals surface area contributed by atoms with Crippen LogP contribution in [0.2, 0.25) is 0 Å². The van der Waals surface area contributed by atoms with Gasteiger partial charge in [-0.05, 0) is 49.6 Å². The standard InChI is InChI=1S/C39H42N2O8/c1-39(2,3)49-38(44)40-20-21-41(32(24-40)37(43)45-4)36(42)31-22-33(46-25-28-14-8-5-9-15-28)35(48-27-30-18-12-7-13-19-30)34(23-31)47-26-29-16-10-6-11-17-29/h5-19,22-23,32H,20-21,24-27H2,1-4H3. The lowest BCUT2D eigenvalue weighted by Gasteiger charge is -2.40. The highest BCUT2D eigenvalue weighted by Crippen LogP contribution is 2.41. The minimum atomic E-state index is -1.06. The molecule has 0 radical (unpaired) electrons. The normalized spacial score (nSPS) is 14.5. The highest BCUT2D eigenvalue weighted by atomic mass is 16.6. The molecule has 4 aromatic carbocycles. The van der Waals surface area contributed by atoms with E-state index in [1.165, 1.54) is 16.9 Å². The summed E-state index contributed by atoms with van der Waals surface area (Å²) < 4.78 is 29.6. The second-order valence-electron chi connectivity index (χ2n) is 12.6. The summed E-state index contributed by atoms with van der Waals surface area (Å²) in [6.07, 6.45) is -0.568. The molecule has 4 aromatic rings. The lowest BCUT2D eigenvalue weighted by molar-refractivity contribution is -0.147. The van der Waals surface area contributed by atoms with E-state index in [2.05, 4.69) is 0 Å². The summed E-state index contributed by atoms with van der Waals surface area (Å²) in [7, 11) is 1.25. The van der Waals surface area contributed by atoms with Crippen LogP contribution >= 0.6 is 0 Å². The number of methoxy groups -OCH3 is 1. The van der Waals surface area contributed by atoms with Crippen molar-refractivity contribution >= 4 is 18.0 Å². The van der Waals surface area contributed by atoms with Crippen LogP contribution in [0.25, 0.3) is 0 Å². The largest absolute Gasteiger partial charge is 0.485 e. The third-order valence-corrected chi connectivity index (χ3v) is 7.73. The maximum atomic E-state index is 14.3. The number of carbonyl (C=O) groups excluding carboxylic acids is 3. The fraction of sp³-hybridized carbons (Fsp3) is 0.308. The van der Waals surface area contributed by atoms with Crippen LogP contribution in [0, 0.1) is 0 Å². The maximum Gasteiger partial charge on any atom is 0.410 e. The van der Waals surface area contributed by atoms with Crippen molar-refractivity contribution in [1.29, 1.82) is 0 Å². The fourth-order valence-electron chi connectivity index (χ4n) is 5.28. The Morgan fingerprint density at radius 1 is 0.694 bits per heavy atom. The number of piperazine rings is 1. The van der Waals surface area contributed by atoms with Crippen molar-refractivity contribution in [2.75, 3.05) is 26.7 Å². The van der Waals surface area contributed by atoms with Gasteiger partial charge in [0.05, 0.1) is 13.7 Å². The van der Waals surface area contributed by atoms with Crippen LogP contribution in [0.3, 0.4) is 0 Å². The molecule has 0 saturated carbocycles. The SMILES string of the molecule is COC(=O)C1CN(C(=O)OC(C)(C)C)CCN1C(=O)c1cc(OCc2ccccc2)c(OCc2ccccc2)c(OCc2ccccc2)c1. The Morgan fingerprint density at radius 2 is 1.16 bits per heavy atom. The Balaban J connectivity index is 1.50. The molecule has 49 heavy (non-hydrogen) atoms. The Hall–Kier alpha value is -5.51. The van der Waals surface area contributed by atoms with E-state index in [0.29, 0.717) is 17.2 Å². The predicted octanol–water partition coefficient (Wildman–Crippen LogP) is 6.66. The molecule has 0 aromatic heterocycles. The molecule has 256 valence electrons. The van der Waals surface area contributed by atoms with Gasteiger partial charge in [-0.1, -0.05) is 91.0 Å². The summed E-state index contributed by atoms with van der Waals surface area (Å²) in [5, 5.41) is 0. The molecule has 1 aliphatic heterocycles. The van der Waals surface area contributed by atoms with Crippen molar-refractivity contribution in [3.05, 3.63) is 125 Å². The van der Waals surface area contributed by atoms with E-state index in [0.717, 1.165) is 16.7 Å². The van der Waals surface area contributed by atoms with Crippen LogP contribution in [0.1, 0.15) is 47.8 Å². The molecule has 1 heterocycles. The van der Waals surface area contributed by atoms with Gasteiger partial charge < -0.3 is 33.5 Å². The topological polar surface area (TPSA) is 104 Å². The van der Waals surface area contributed by atoms with Crippen LogP contribution < -0.4 is 14.2 Å². The third kappa shape index (κ3) is 9.53. The van der Waals surface area contributed by atoms with Gasteiger partial charge in [-0.2, -0.15) is 0 Å². The number of benzene rings is 4. The summed E-state index contributed by atoms with van der Waals surface area (Å²) in [4.78, 5) is 43.1. The number of rotatable bonds is 11. The van der Waals surface area contributed by atoms with Gasteiger partial charge in [-0.3, -0.25) is 4.79 Å². The molecule has 1 saturated heterocycles. The number of carbonyl (C=O) groups is 3. The van der Waals surface area contributed by atoms with E-state index in [1.54, 1.807) is 32.9 Å². The number of hydrogen-bond donors (Lipinski definition) is 0. The molecule has 0 bridgehead atoms. The smallest absolute Gasteiger partial charge is 0.410 e. The molecule has 1 aliphatic rings. The van der Waals surface area contributed by atoms with Crippen LogP contribution in [-0.2, 0) is 34.1 Å². The van der Waals surface area contributed by atoms with Gasteiger partial charge in [0.25, 0.3) is 5.91 Å². The molecular formula is C39H42N2O8. The Labute approximate surface area is 287 Å². The maximum absolute atomic E-state index is 14.3. The lowest BCUT2D eigenvalue weighted by atomic mass is 10.1. The Bertz CT molecular complexity index is 1640. The first-order valence-electron chi connectivity index (χ1n) is 16.2. The summed E-state index contributed by atoms with van der Waals surface area (Å²) in [5.74, 6) is -0.161. The molecule has 0 spiro atoms. The zero-order valence-corrected chi connectivity index (χ0v) is 28.3. The van der Waals surface area contributed by atoms with E-state index in [1.807, 2.05) is 91.0 Å². The minimum Gasteiger partial charge on any atom is -0.485 e. The van der Waals surface area contributed by atoms with Crippen molar-refractivity contribution in [3.8, 4) is 17.2 Å². The van der Waals surface area contributed by atoms with Crippen LogP contribution in [0.15, 0.2) is 103 Å². The first kappa shape index (κ1) is 34.8. The summed E-state index contributed by atoms with van der Waals surface area (Å²) in [5.41, 5.74) is 2.28. The number of esters is 1. The van der Waals surface area contributed by atoms with Crippen molar-refractivity contribution < 1.29 is 38.1 Å². The first-order chi connectivity index (χ1) is 23.6. The molecule has 1 atom stereocenters. The lowest BCUT2D eigenvalue weighted by Crippen LogP contribution is -2.60. The molecule has 10 nitrogen and oxygen atoms in total. The van der Waals surface area contributed by atoms with Gasteiger partial charge in [0, 0.05) is 18.7 Å². The van der Waals surface area contributed by atoms with Gasteiger partial charge in [0.1, 0.15) is 31.5 Å². The number of ether oxygens (including phenoxy) is 5. The highest BCUT2D eigenvalue weighted by Gasteiger charge is 2.39. The summed E-state index contributed by atoms with van der Waals surface area (Å²) in [6, 6.07) is 31.2. The summed E-state index contributed by atoms with van der Waals surface area (Å²) >= 11 is 0. The van der Waals surface area contributed by atoms with E-state index in [9.17, 15) is 14.4 Å².